The molecule has 1 saturated heterocycles. The van der Waals surface area contributed by atoms with E-state index in [-0.39, 0.29) is 70.6 Å². The molecule has 1 amide bonds. The van der Waals surface area contributed by atoms with Crippen LogP contribution in [0.1, 0.15) is 47.6 Å². The summed E-state index contributed by atoms with van der Waals surface area (Å²) < 4.78 is 80.0. The van der Waals surface area contributed by atoms with Gasteiger partial charge in [-0.25, -0.2) is 18.4 Å². The van der Waals surface area contributed by atoms with Gasteiger partial charge in [-0.3, -0.25) is 4.79 Å². The average molecular weight is 664 g/mol. The summed E-state index contributed by atoms with van der Waals surface area (Å²) in [7, 11) is -2.44. The SMILES string of the molecule is COc1ccc(-c2nc(C(=O)N3CCC(N(C4CC4)S(=O)(=O)c4ccc(Cl)cc4)CC3)c(CN)o2)c2ccc(C(F)(F)F)nc12. The second-order valence-electron chi connectivity index (χ2n) is 10.9. The summed E-state index contributed by atoms with van der Waals surface area (Å²) in [5, 5.41) is 0.730. The number of fused-ring (bicyclic) bond motifs is 1. The molecule has 0 radical (unpaired) electrons. The zero-order valence-electron chi connectivity index (χ0n) is 24.1. The highest BCUT2D eigenvalue weighted by Crippen LogP contribution is 2.39. The third kappa shape index (κ3) is 5.99. The number of likely N-dealkylation sites (tertiary alicyclic amines) is 1. The fraction of sp³-hybridized carbons (Fsp3) is 0.367. The Kier molecular flexibility index (Phi) is 8.27. The molecule has 1 aliphatic heterocycles. The number of sulfonamides is 1. The summed E-state index contributed by atoms with van der Waals surface area (Å²) in [4.78, 5) is 23.6. The van der Waals surface area contributed by atoms with E-state index < -0.39 is 27.8 Å². The zero-order valence-corrected chi connectivity index (χ0v) is 25.6. The van der Waals surface area contributed by atoms with Crippen molar-refractivity contribution in [2.45, 2.75) is 55.4 Å². The Labute approximate surface area is 262 Å². The topological polar surface area (TPSA) is 132 Å². The highest BCUT2D eigenvalue weighted by Gasteiger charge is 2.44. The molecule has 1 aliphatic carbocycles. The van der Waals surface area contributed by atoms with Crippen LogP contribution in [0.15, 0.2) is 57.8 Å². The number of carbonyl (C=O) groups is 1. The second kappa shape index (κ2) is 11.9. The molecule has 2 aliphatic rings. The molecule has 2 fully saturated rings. The minimum absolute atomic E-state index is 0.00290. The maximum atomic E-state index is 13.7. The lowest BCUT2D eigenvalue weighted by Gasteiger charge is -2.37. The third-order valence-electron chi connectivity index (χ3n) is 8.05. The number of amides is 1. The van der Waals surface area contributed by atoms with Crippen LogP contribution in [0.25, 0.3) is 22.4 Å². The lowest BCUT2D eigenvalue weighted by atomic mass is 10.0. The molecular formula is C30H29ClF3N5O5S. The van der Waals surface area contributed by atoms with E-state index in [1.165, 1.54) is 31.4 Å². The number of alkyl halides is 3. The van der Waals surface area contributed by atoms with E-state index in [9.17, 15) is 26.4 Å². The van der Waals surface area contributed by atoms with Crippen LogP contribution in [-0.2, 0) is 22.7 Å². The Hall–Kier alpha value is -3.72. The van der Waals surface area contributed by atoms with Gasteiger partial charge in [-0.2, -0.15) is 17.5 Å². The van der Waals surface area contributed by atoms with E-state index in [0.29, 0.717) is 23.4 Å². The molecule has 3 heterocycles. The summed E-state index contributed by atoms with van der Waals surface area (Å²) in [6.07, 6.45) is -2.25. The Balaban J connectivity index is 1.24. The summed E-state index contributed by atoms with van der Waals surface area (Å²) in [6, 6.07) is 10.9. The van der Waals surface area contributed by atoms with E-state index in [1.54, 1.807) is 27.4 Å². The largest absolute Gasteiger partial charge is 0.494 e. The molecule has 6 rings (SSSR count). The average Bonchev–Trinajstić information content (AvgIpc) is 3.76. The van der Waals surface area contributed by atoms with Crippen LogP contribution in [-0.4, -0.2) is 65.8 Å². The number of piperidine rings is 1. The van der Waals surface area contributed by atoms with Gasteiger partial charge in [0.1, 0.15) is 17.0 Å². The number of pyridine rings is 1. The molecule has 238 valence electrons. The van der Waals surface area contributed by atoms with Crippen molar-refractivity contribution >= 4 is 38.4 Å². The Morgan fingerprint density at radius 2 is 1.71 bits per heavy atom. The van der Waals surface area contributed by atoms with Crippen molar-refractivity contribution in [1.29, 1.82) is 0 Å². The molecule has 10 nitrogen and oxygen atoms in total. The third-order valence-corrected chi connectivity index (χ3v) is 10.3. The van der Waals surface area contributed by atoms with E-state index in [2.05, 4.69) is 9.97 Å². The first-order valence-electron chi connectivity index (χ1n) is 14.3. The highest BCUT2D eigenvalue weighted by molar-refractivity contribution is 7.89. The standard InChI is InChI=1S/C30H29ClF3N5O5S/c1-43-23-10-8-22(21-9-11-25(30(32,33)34)36-26(21)23)28-37-27(24(16-35)44-28)29(40)38-14-12-19(13-15-38)39(18-4-5-18)45(41,42)20-6-2-17(31)3-7-20/h2-3,6-11,18-19H,4-5,12-16,35H2,1H3. The fourth-order valence-corrected chi connectivity index (χ4v) is 7.75. The highest BCUT2D eigenvalue weighted by atomic mass is 35.5. The first-order chi connectivity index (χ1) is 21.4. The molecule has 0 bridgehead atoms. The molecule has 45 heavy (non-hydrogen) atoms. The van der Waals surface area contributed by atoms with Gasteiger partial charge in [-0.1, -0.05) is 11.6 Å². The number of halogens is 4. The number of rotatable bonds is 8. The van der Waals surface area contributed by atoms with Gasteiger partial charge < -0.3 is 19.8 Å². The first kappa shape index (κ1) is 31.3. The smallest absolute Gasteiger partial charge is 0.433 e. The van der Waals surface area contributed by atoms with Gasteiger partial charge in [0.25, 0.3) is 5.91 Å². The minimum atomic E-state index is -4.66. The summed E-state index contributed by atoms with van der Waals surface area (Å²) in [5.74, 6) is -0.191. The zero-order chi connectivity index (χ0) is 32.1. The number of hydrogen-bond acceptors (Lipinski definition) is 8. The molecule has 0 spiro atoms. The Morgan fingerprint density at radius 1 is 1.04 bits per heavy atom. The summed E-state index contributed by atoms with van der Waals surface area (Å²) in [5.41, 5.74) is 5.08. The van der Waals surface area contributed by atoms with Gasteiger partial charge in [-0.05, 0) is 74.2 Å². The molecule has 0 atom stereocenters. The minimum Gasteiger partial charge on any atom is -0.494 e. The van der Waals surface area contributed by atoms with Crippen molar-refractivity contribution in [2.75, 3.05) is 20.2 Å². The molecule has 15 heteroatoms. The Bertz CT molecular complexity index is 1850. The van der Waals surface area contributed by atoms with Crippen molar-refractivity contribution in [2.24, 2.45) is 5.73 Å². The second-order valence-corrected chi connectivity index (χ2v) is 13.2. The number of hydrogen-bond donors (Lipinski definition) is 1. The van der Waals surface area contributed by atoms with Crippen LogP contribution in [0.2, 0.25) is 5.02 Å². The molecule has 0 unspecified atom stereocenters. The lowest BCUT2D eigenvalue weighted by Crippen LogP contribution is -2.49. The Morgan fingerprint density at radius 3 is 2.31 bits per heavy atom. The van der Waals surface area contributed by atoms with Gasteiger partial charge in [-0.15, -0.1) is 0 Å². The number of nitrogens with zero attached hydrogens (tertiary/aromatic N) is 4. The molecule has 2 N–H and O–H groups in total. The summed E-state index contributed by atoms with van der Waals surface area (Å²) >= 11 is 5.97. The maximum Gasteiger partial charge on any atom is 0.433 e. The van der Waals surface area contributed by atoms with E-state index >= 15 is 0 Å². The van der Waals surface area contributed by atoms with Crippen molar-refractivity contribution in [3.63, 3.8) is 0 Å². The van der Waals surface area contributed by atoms with E-state index in [4.69, 9.17) is 26.5 Å². The van der Waals surface area contributed by atoms with Gasteiger partial charge >= 0.3 is 6.18 Å². The summed E-state index contributed by atoms with van der Waals surface area (Å²) in [6.45, 7) is 0.416. The number of nitrogens with two attached hydrogens (primary N) is 1. The van der Waals surface area contributed by atoms with Crippen LogP contribution < -0.4 is 10.5 Å². The number of oxazole rings is 1. The van der Waals surface area contributed by atoms with Gasteiger partial charge in [0.2, 0.25) is 15.9 Å². The van der Waals surface area contributed by atoms with Gasteiger partial charge in [0.15, 0.2) is 11.5 Å². The monoisotopic (exact) mass is 663 g/mol. The molecule has 2 aromatic carbocycles. The van der Waals surface area contributed by atoms with Crippen LogP contribution >= 0.6 is 11.6 Å². The predicted octanol–water partition coefficient (Wildman–Crippen LogP) is 5.49. The van der Waals surface area contributed by atoms with Crippen molar-refractivity contribution < 1.29 is 35.5 Å². The molecule has 2 aromatic heterocycles. The lowest BCUT2D eigenvalue weighted by molar-refractivity contribution is -0.140. The van der Waals surface area contributed by atoms with Crippen LogP contribution in [0, 0.1) is 0 Å². The van der Waals surface area contributed by atoms with Crippen LogP contribution in [0.5, 0.6) is 5.75 Å². The predicted molar refractivity (Wildman–Crippen MR) is 159 cm³/mol. The van der Waals surface area contributed by atoms with Gasteiger partial charge in [0, 0.05) is 41.1 Å². The molecular weight excluding hydrogens is 635 g/mol. The van der Waals surface area contributed by atoms with Crippen molar-refractivity contribution in [3.8, 4) is 17.2 Å². The molecule has 4 aromatic rings. The van der Waals surface area contributed by atoms with Gasteiger partial charge in [0.05, 0.1) is 18.6 Å². The fourth-order valence-electron chi connectivity index (χ4n) is 5.69. The van der Waals surface area contributed by atoms with Crippen LogP contribution in [0.4, 0.5) is 13.2 Å². The molecule has 1 saturated carbocycles. The van der Waals surface area contributed by atoms with Crippen molar-refractivity contribution in [3.05, 3.63) is 70.7 Å². The maximum absolute atomic E-state index is 13.7. The number of benzene rings is 2. The normalized spacial score (nSPS) is 16.5. The van der Waals surface area contributed by atoms with Crippen LogP contribution in [0.3, 0.4) is 0 Å². The number of methoxy groups -OCH3 is 1. The number of aromatic nitrogens is 2. The van der Waals surface area contributed by atoms with E-state index in [0.717, 1.165) is 18.9 Å². The number of ether oxygens (including phenoxy) is 1. The quantitative estimate of drug-likeness (QED) is 0.262. The first-order valence-corrected chi connectivity index (χ1v) is 16.1. The number of carbonyl (C=O) groups excluding carboxylic acids is 1. The van der Waals surface area contributed by atoms with Crippen molar-refractivity contribution in [1.82, 2.24) is 19.2 Å². The van der Waals surface area contributed by atoms with E-state index in [1.807, 2.05) is 0 Å².